The summed E-state index contributed by atoms with van der Waals surface area (Å²) in [4.78, 5) is 17.5. The molecule has 0 unspecified atom stereocenters. The molecule has 0 radical (unpaired) electrons. The van der Waals surface area contributed by atoms with E-state index in [4.69, 9.17) is 4.74 Å². The van der Waals surface area contributed by atoms with Crippen LogP contribution in [0.3, 0.4) is 0 Å². The molecule has 0 aliphatic carbocycles. The third kappa shape index (κ3) is 3.36. The summed E-state index contributed by atoms with van der Waals surface area (Å²) in [5.41, 5.74) is 0.259. The summed E-state index contributed by atoms with van der Waals surface area (Å²) in [5.74, 6) is -0.393. The van der Waals surface area contributed by atoms with Crippen molar-refractivity contribution in [3.8, 4) is 0 Å². The van der Waals surface area contributed by atoms with Crippen LogP contribution in [0.1, 0.15) is 15.4 Å². The van der Waals surface area contributed by atoms with Crippen molar-refractivity contribution in [1.29, 1.82) is 0 Å². The number of morpholine rings is 1. The number of thiazole rings is 1. The van der Waals surface area contributed by atoms with Crippen LogP contribution < -0.4 is 5.32 Å². The van der Waals surface area contributed by atoms with Gasteiger partial charge in [-0.15, -0.1) is 11.3 Å². The Kier molecular flexibility index (Phi) is 4.72. The highest BCUT2D eigenvalue weighted by Gasteiger charge is 2.28. The molecule has 2 aromatic heterocycles. The highest BCUT2D eigenvalue weighted by atomic mass is 32.2. The standard InChI is InChI=1S/C14H18N4O4S2/c1-10-8-15-14(23-10)16-13(19)12-7-11(9-17(12)2)24(20,21)18-3-5-22-6-4-18/h7-9H,3-6H2,1-2H3,(H,15,16,19). The van der Waals surface area contributed by atoms with E-state index in [9.17, 15) is 13.2 Å². The summed E-state index contributed by atoms with van der Waals surface area (Å²) >= 11 is 1.36. The predicted molar refractivity (Wildman–Crippen MR) is 89.8 cm³/mol. The SMILES string of the molecule is Cc1cnc(NC(=O)c2cc(S(=O)(=O)N3CCOCC3)cn2C)s1. The monoisotopic (exact) mass is 370 g/mol. The number of ether oxygens (including phenoxy) is 1. The Bertz CT molecular complexity index is 850. The van der Waals surface area contributed by atoms with Gasteiger partial charge >= 0.3 is 0 Å². The Hall–Kier alpha value is -1.75. The van der Waals surface area contributed by atoms with Gasteiger partial charge in [-0.05, 0) is 13.0 Å². The Morgan fingerprint density at radius 1 is 1.38 bits per heavy atom. The first-order valence-corrected chi connectivity index (χ1v) is 9.61. The van der Waals surface area contributed by atoms with E-state index >= 15 is 0 Å². The van der Waals surface area contributed by atoms with Crippen molar-refractivity contribution in [2.45, 2.75) is 11.8 Å². The molecule has 1 aliphatic rings. The molecule has 8 nitrogen and oxygen atoms in total. The fraction of sp³-hybridized carbons (Fsp3) is 0.429. The highest BCUT2D eigenvalue weighted by Crippen LogP contribution is 2.21. The molecule has 0 aromatic carbocycles. The second kappa shape index (κ2) is 6.63. The summed E-state index contributed by atoms with van der Waals surface area (Å²) in [6.07, 6.45) is 3.12. The van der Waals surface area contributed by atoms with E-state index in [1.807, 2.05) is 6.92 Å². The first kappa shape index (κ1) is 17.1. The van der Waals surface area contributed by atoms with E-state index in [1.54, 1.807) is 13.2 Å². The van der Waals surface area contributed by atoms with E-state index in [1.165, 1.54) is 32.5 Å². The van der Waals surface area contributed by atoms with Crippen LogP contribution in [-0.2, 0) is 21.8 Å². The molecule has 1 saturated heterocycles. The molecular formula is C14H18N4O4S2. The highest BCUT2D eigenvalue weighted by molar-refractivity contribution is 7.89. The topological polar surface area (TPSA) is 93.5 Å². The molecule has 130 valence electrons. The van der Waals surface area contributed by atoms with Crippen molar-refractivity contribution in [2.75, 3.05) is 31.6 Å². The Balaban J connectivity index is 1.82. The van der Waals surface area contributed by atoms with Crippen LogP contribution in [0.25, 0.3) is 0 Å². The summed E-state index contributed by atoms with van der Waals surface area (Å²) in [6, 6.07) is 1.39. The van der Waals surface area contributed by atoms with E-state index in [0.29, 0.717) is 31.4 Å². The lowest BCUT2D eigenvalue weighted by molar-refractivity contribution is 0.0730. The summed E-state index contributed by atoms with van der Waals surface area (Å²) < 4.78 is 33.4. The number of nitrogens with zero attached hydrogens (tertiary/aromatic N) is 3. The van der Waals surface area contributed by atoms with Crippen molar-refractivity contribution in [3.63, 3.8) is 0 Å². The van der Waals surface area contributed by atoms with Gasteiger partial charge in [0.05, 0.1) is 13.2 Å². The summed E-state index contributed by atoms with van der Waals surface area (Å²) in [7, 11) is -1.99. The Morgan fingerprint density at radius 3 is 2.71 bits per heavy atom. The smallest absolute Gasteiger partial charge is 0.274 e. The molecule has 24 heavy (non-hydrogen) atoms. The van der Waals surface area contributed by atoms with Crippen molar-refractivity contribution in [3.05, 3.63) is 29.0 Å². The number of carbonyl (C=O) groups excluding carboxylic acids is 1. The second-order valence-electron chi connectivity index (χ2n) is 5.42. The van der Waals surface area contributed by atoms with Gasteiger partial charge in [0.2, 0.25) is 10.0 Å². The van der Waals surface area contributed by atoms with Crippen molar-refractivity contribution >= 4 is 32.4 Å². The van der Waals surface area contributed by atoms with E-state index in [-0.39, 0.29) is 10.6 Å². The van der Waals surface area contributed by atoms with E-state index in [2.05, 4.69) is 10.3 Å². The van der Waals surface area contributed by atoms with Crippen LogP contribution in [-0.4, -0.2) is 54.5 Å². The number of aryl methyl sites for hydroxylation is 2. The van der Waals surface area contributed by atoms with Crippen molar-refractivity contribution < 1.29 is 17.9 Å². The Morgan fingerprint density at radius 2 is 2.08 bits per heavy atom. The first-order chi connectivity index (χ1) is 11.4. The number of nitrogens with one attached hydrogen (secondary N) is 1. The number of anilines is 1. The Labute approximate surface area is 144 Å². The lowest BCUT2D eigenvalue weighted by atomic mass is 10.4. The van der Waals surface area contributed by atoms with Crippen LogP contribution in [0.4, 0.5) is 5.13 Å². The molecular weight excluding hydrogens is 352 g/mol. The van der Waals surface area contributed by atoms with Crippen LogP contribution in [0.2, 0.25) is 0 Å². The molecule has 3 heterocycles. The van der Waals surface area contributed by atoms with Crippen molar-refractivity contribution in [1.82, 2.24) is 13.9 Å². The zero-order valence-electron chi connectivity index (χ0n) is 13.4. The van der Waals surface area contributed by atoms with Gasteiger partial charge in [0, 0.05) is 37.4 Å². The van der Waals surface area contributed by atoms with E-state index in [0.717, 1.165) is 4.88 Å². The third-order valence-corrected chi connectivity index (χ3v) is 6.35. The molecule has 0 saturated carbocycles. The van der Waals surface area contributed by atoms with Gasteiger partial charge in [-0.2, -0.15) is 4.31 Å². The molecule has 10 heteroatoms. The minimum Gasteiger partial charge on any atom is -0.379 e. The number of rotatable bonds is 4. The minimum atomic E-state index is -3.63. The molecule has 1 N–H and O–H groups in total. The molecule has 1 amide bonds. The van der Waals surface area contributed by atoms with Crippen molar-refractivity contribution in [2.24, 2.45) is 7.05 Å². The van der Waals surface area contributed by atoms with Crippen LogP contribution in [0.5, 0.6) is 0 Å². The molecule has 1 aliphatic heterocycles. The van der Waals surface area contributed by atoms with Gasteiger partial charge in [0.15, 0.2) is 5.13 Å². The lowest BCUT2D eigenvalue weighted by Crippen LogP contribution is -2.40. The van der Waals surface area contributed by atoms with Gasteiger partial charge in [-0.25, -0.2) is 13.4 Å². The fourth-order valence-electron chi connectivity index (χ4n) is 2.41. The maximum Gasteiger partial charge on any atom is 0.274 e. The second-order valence-corrected chi connectivity index (χ2v) is 8.59. The van der Waals surface area contributed by atoms with Crippen LogP contribution in [0.15, 0.2) is 23.4 Å². The number of hydrogen-bond donors (Lipinski definition) is 1. The molecule has 0 bridgehead atoms. The molecule has 2 aromatic rings. The molecule has 0 atom stereocenters. The average Bonchev–Trinajstić information content (AvgIpc) is 3.14. The molecule has 0 spiro atoms. The average molecular weight is 370 g/mol. The molecule has 1 fully saturated rings. The van der Waals surface area contributed by atoms with E-state index < -0.39 is 15.9 Å². The predicted octanol–water partition coefficient (Wildman–Crippen LogP) is 1.06. The van der Waals surface area contributed by atoms with Gasteiger partial charge < -0.3 is 9.30 Å². The normalized spacial score (nSPS) is 16.2. The quantitative estimate of drug-likeness (QED) is 0.869. The lowest BCUT2D eigenvalue weighted by Gasteiger charge is -2.25. The summed E-state index contributed by atoms with van der Waals surface area (Å²) in [6.45, 7) is 3.28. The largest absolute Gasteiger partial charge is 0.379 e. The van der Waals surface area contributed by atoms with Gasteiger partial charge in [0.25, 0.3) is 5.91 Å². The number of amides is 1. The zero-order chi connectivity index (χ0) is 17.3. The zero-order valence-corrected chi connectivity index (χ0v) is 15.0. The van der Waals surface area contributed by atoms with Gasteiger partial charge in [-0.1, -0.05) is 0 Å². The van der Waals surface area contributed by atoms with Gasteiger partial charge in [-0.3, -0.25) is 10.1 Å². The number of carbonyl (C=O) groups is 1. The maximum atomic E-state index is 12.7. The number of aromatic nitrogens is 2. The summed E-state index contributed by atoms with van der Waals surface area (Å²) in [5, 5.41) is 3.17. The van der Waals surface area contributed by atoms with Crippen LogP contribution in [0, 0.1) is 6.92 Å². The number of hydrogen-bond acceptors (Lipinski definition) is 6. The van der Waals surface area contributed by atoms with Gasteiger partial charge in [0.1, 0.15) is 10.6 Å². The fourth-order valence-corrected chi connectivity index (χ4v) is 4.55. The number of sulfonamides is 1. The minimum absolute atomic E-state index is 0.104. The van der Waals surface area contributed by atoms with Crippen LogP contribution >= 0.6 is 11.3 Å². The molecule has 3 rings (SSSR count). The third-order valence-electron chi connectivity index (χ3n) is 3.66. The maximum absolute atomic E-state index is 12.7. The first-order valence-electron chi connectivity index (χ1n) is 7.36.